The fourth-order valence-corrected chi connectivity index (χ4v) is 3.50. The van der Waals surface area contributed by atoms with Gasteiger partial charge in [-0.15, -0.1) is 0 Å². The zero-order chi connectivity index (χ0) is 21.6. The van der Waals surface area contributed by atoms with Crippen LogP contribution in [0.5, 0.6) is 5.75 Å². The molecule has 3 aromatic carbocycles. The monoisotopic (exact) mass is 419 g/mol. The third-order valence-corrected chi connectivity index (χ3v) is 5.25. The third-order valence-electron chi connectivity index (χ3n) is 5.25. The van der Waals surface area contributed by atoms with Crippen molar-refractivity contribution in [1.82, 2.24) is 0 Å². The van der Waals surface area contributed by atoms with Gasteiger partial charge in [0, 0.05) is 17.7 Å². The molecule has 0 aromatic heterocycles. The molecule has 1 saturated heterocycles. The van der Waals surface area contributed by atoms with Crippen molar-refractivity contribution in [1.29, 1.82) is 0 Å². The Hall–Kier alpha value is -3.38. The first-order valence-corrected chi connectivity index (χ1v) is 10.4. The molecule has 1 aliphatic rings. The maximum Gasteiger partial charge on any atom is 0.338 e. The average molecular weight is 419 g/mol. The van der Waals surface area contributed by atoms with E-state index in [-0.39, 0.29) is 12.0 Å². The summed E-state index contributed by atoms with van der Waals surface area (Å²) in [6.07, 6.45) is 1.25. The lowest BCUT2D eigenvalue weighted by Gasteiger charge is -2.15. The summed E-state index contributed by atoms with van der Waals surface area (Å²) in [6, 6.07) is 20.1. The van der Waals surface area contributed by atoms with Crippen LogP contribution in [0.3, 0.4) is 0 Å². The highest BCUT2D eigenvalue weighted by Crippen LogP contribution is 2.23. The van der Waals surface area contributed by atoms with Crippen molar-refractivity contribution in [2.45, 2.75) is 32.0 Å². The number of rotatable bonds is 7. The Morgan fingerprint density at radius 2 is 1.84 bits per heavy atom. The highest BCUT2D eigenvalue weighted by Gasteiger charge is 2.20. The fourth-order valence-electron chi connectivity index (χ4n) is 3.50. The molecule has 1 amide bonds. The van der Waals surface area contributed by atoms with Crippen molar-refractivity contribution in [3.63, 3.8) is 0 Å². The molecule has 4 rings (SSSR count). The fraction of sp³-hybridized carbons (Fsp3) is 0.280. The summed E-state index contributed by atoms with van der Waals surface area (Å²) in [5.41, 5.74) is 1.04. The summed E-state index contributed by atoms with van der Waals surface area (Å²) in [7, 11) is 0. The smallest absolute Gasteiger partial charge is 0.338 e. The van der Waals surface area contributed by atoms with Crippen molar-refractivity contribution in [2.24, 2.45) is 0 Å². The van der Waals surface area contributed by atoms with Gasteiger partial charge in [-0.2, -0.15) is 0 Å². The summed E-state index contributed by atoms with van der Waals surface area (Å²) in [5.74, 6) is -0.290. The number of carbonyl (C=O) groups is 2. The number of hydrogen-bond donors (Lipinski definition) is 1. The first-order chi connectivity index (χ1) is 15.1. The quantitative estimate of drug-likeness (QED) is 0.568. The van der Waals surface area contributed by atoms with E-state index in [9.17, 15) is 9.59 Å². The van der Waals surface area contributed by atoms with E-state index in [0.717, 1.165) is 30.2 Å². The molecule has 1 N–H and O–H groups in total. The number of fused-ring (bicyclic) bond motifs is 1. The Labute approximate surface area is 181 Å². The van der Waals surface area contributed by atoms with Crippen molar-refractivity contribution in [3.05, 3.63) is 72.3 Å². The second kappa shape index (κ2) is 9.62. The zero-order valence-corrected chi connectivity index (χ0v) is 17.4. The second-order valence-corrected chi connectivity index (χ2v) is 7.53. The number of hydrogen-bond acceptors (Lipinski definition) is 5. The summed E-state index contributed by atoms with van der Waals surface area (Å²) in [4.78, 5) is 25.0. The van der Waals surface area contributed by atoms with E-state index in [4.69, 9.17) is 14.2 Å². The molecule has 6 nitrogen and oxygen atoms in total. The molecule has 1 aliphatic heterocycles. The lowest BCUT2D eigenvalue weighted by atomic mass is 10.1. The largest absolute Gasteiger partial charge is 0.491 e. The molecule has 0 aliphatic carbocycles. The van der Waals surface area contributed by atoms with Crippen LogP contribution in [0.1, 0.15) is 30.1 Å². The van der Waals surface area contributed by atoms with E-state index in [0.29, 0.717) is 23.6 Å². The molecule has 31 heavy (non-hydrogen) atoms. The lowest BCUT2D eigenvalue weighted by Crippen LogP contribution is -2.30. The van der Waals surface area contributed by atoms with Crippen molar-refractivity contribution < 1.29 is 23.8 Å². The maximum absolute atomic E-state index is 12.6. The molecular weight excluding hydrogens is 394 g/mol. The minimum atomic E-state index is -0.943. The molecule has 3 aromatic rings. The molecule has 2 atom stereocenters. The van der Waals surface area contributed by atoms with E-state index < -0.39 is 12.1 Å². The average Bonchev–Trinajstić information content (AvgIpc) is 3.32. The van der Waals surface area contributed by atoms with Crippen molar-refractivity contribution in [2.75, 3.05) is 18.5 Å². The number of ether oxygens (including phenoxy) is 3. The van der Waals surface area contributed by atoms with E-state index in [1.165, 1.54) is 0 Å². The Bertz CT molecular complexity index is 1050. The molecule has 160 valence electrons. The van der Waals surface area contributed by atoms with Gasteiger partial charge in [-0.3, -0.25) is 4.79 Å². The van der Waals surface area contributed by atoms with E-state index in [1.807, 2.05) is 42.5 Å². The van der Waals surface area contributed by atoms with Gasteiger partial charge in [0.2, 0.25) is 0 Å². The highest BCUT2D eigenvalue weighted by atomic mass is 16.5. The number of esters is 1. The summed E-state index contributed by atoms with van der Waals surface area (Å²) >= 11 is 0. The van der Waals surface area contributed by atoms with E-state index >= 15 is 0 Å². The molecule has 0 unspecified atom stereocenters. The zero-order valence-electron chi connectivity index (χ0n) is 17.4. The Morgan fingerprint density at radius 3 is 2.61 bits per heavy atom. The van der Waals surface area contributed by atoms with Gasteiger partial charge in [-0.05, 0) is 55.5 Å². The minimum absolute atomic E-state index is 0.130. The Balaban J connectivity index is 1.32. The molecule has 0 saturated carbocycles. The van der Waals surface area contributed by atoms with Gasteiger partial charge < -0.3 is 19.5 Å². The number of benzene rings is 3. The molecule has 1 heterocycles. The molecule has 1 fully saturated rings. The molecular formula is C25H25NO5. The number of carbonyl (C=O) groups excluding carboxylic acids is 2. The van der Waals surface area contributed by atoms with Crippen LogP contribution < -0.4 is 10.1 Å². The molecule has 0 spiro atoms. The van der Waals surface area contributed by atoms with Crippen LogP contribution in [0, 0.1) is 0 Å². The van der Waals surface area contributed by atoms with Gasteiger partial charge in [-0.25, -0.2) is 4.79 Å². The van der Waals surface area contributed by atoms with E-state index in [2.05, 4.69) is 5.32 Å². The summed E-state index contributed by atoms with van der Waals surface area (Å²) in [5, 5.41) is 4.79. The highest BCUT2D eigenvalue weighted by molar-refractivity contribution is 6.04. The topological polar surface area (TPSA) is 73.9 Å². The predicted molar refractivity (Wildman–Crippen MR) is 118 cm³/mol. The normalized spacial score (nSPS) is 16.6. The SMILES string of the molecule is C[C@@H](OC(=O)c1ccc(OC[C@@H]2CCCO2)cc1)C(=O)Nc1cccc2ccccc12. The van der Waals surface area contributed by atoms with Crippen LogP contribution in [0.2, 0.25) is 0 Å². The van der Waals surface area contributed by atoms with Gasteiger partial charge in [0.25, 0.3) is 5.91 Å². The van der Waals surface area contributed by atoms with Crippen LogP contribution >= 0.6 is 0 Å². The van der Waals surface area contributed by atoms with Crippen molar-refractivity contribution in [3.8, 4) is 5.75 Å². The summed E-state index contributed by atoms with van der Waals surface area (Å²) in [6.45, 7) is 2.83. The van der Waals surface area contributed by atoms with Crippen LogP contribution in [-0.4, -0.2) is 37.3 Å². The minimum Gasteiger partial charge on any atom is -0.491 e. The van der Waals surface area contributed by atoms with Crippen LogP contribution in [0.25, 0.3) is 10.8 Å². The van der Waals surface area contributed by atoms with Crippen LogP contribution in [0.4, 0.5) is 5.69 Å². The Morgan fingerprint density at radius 1 is 1.06 bits per heavy atom. The van der Waals surface area contributed by atoms with Crippen LogP contribution in [0.15, 0.2) is 66.7 Å². The van der Waals surface area contributed by atoms with Crippen molar-refractivity contribution >= 4 is 28.3 Å². The first kappa shape index (κ1) is 20.9. The lowest BCUT2D eigenvalue weighted by molar-refractivity contribution is -0.123. The van der Waals surface area contributed by atoms with E-state index in [1.54, 1.807) is 31.2 Å². The Kier molecular flexibility index (Phi) is 6.48. The summed E-state index contributed by atoms with van der Waals surface area (Å²) < 4.78 is 16.6. The molecule has 0 bridgehead atoms. The standard InChI is InChI=1S/C25H25NO5/c1-17(24(27)26-23-10-4-7-18-6-2-3-9-22(18)23)31-25(28)19-11-13-20(14-12-19)30-16-21-8-5-15-29-21/h2-4,6-7,9-14,17,21H,5,8,15-16H2,1H3,(H,26,27)/t17-,21+/m1/s1. The van der Waals surface area contributed by atoms with Crippen LogP contribution in [-0.2, 0) is 14.3 Å². The molecule has 6 heteroatoms. The first-order valence-electron chi connectivity index (χ1n) is 10.4. The van der Waals surface area contributed by atoms with Gasteiger partial charge in [0.05, 0.1) is 11.7 Å². The number of nitrogens with one attached hydrogen (secondary N) is 1. The number of amides is 1. The predicted octanol–water partition coefficient (Wildman–Crippen LogP) is 4.58. The van der Waals surface area contributed by atoms with Gasteiger partial charge in [0.15, 0.2) is 6.10 Å². The third kappa shape index (κ3) is 5.22. The maximum atomic E-state index is 12.6. The van der Waals surface area contributed by atoms with Gasteiger partial charge >= 0.3 is 5.97 Å². The van der Waals surface area contributed by atoms with Gasteiger partial charge in [-0.1, -0.05) is 36.4 Å². The molecule has 0 radical (unpaired) electrons. The van der Waals surface area contributed by atoms with Gasteiger partial charge in [0.1, 0.15) is 12.4 Å². The second-order valence-electron chi connectivity index (χ2n) is 7.53. The number of anilines is 1.